The Morgan fingerprint density at radius 2 is 2.07 bits per heavy atom. The van der Waals surface area contributed by atoms with Gasteiger partial charge in [-0.3, -0.25) is 0 Å². The maximum absolute atomic E-state index is 13.6. The number of nitrogens with zero attached hydrogens (tertiary/aromatic N) is 1. The summed E-state index contributed by atoms with van der Waals surface area (Å²) < 4.78 is 18.6. The number of benzene rings is 1. The Kier molecular flexibility index (Phi) is 2.19. The van der Waals surface area contributed by atoms with Crippen LogP contribution in [0.5, 0.6) is 0 Å². The molecule has 3 nitrogen and oxygen atoms in total. The largest absolute Gasteiger partial charge is 0.399 e. The summed E-state index contributed by atoms with van der Waals surface area (Å²) >= 11 is 0. The van der Waals surface area contributed by atoms with E-state index in [1.54, 1.807) is 19.9 Å². The number of nitrogen functional groups attached to an aromatic ring is 1. The average Bonchev–Trinajstić information content (AvgIpc) is 2.51. The van der Waals surface area contributed by atoms with Gasteiger partial charge in [-0.25, -0.2) is 4.39 Å². The van der Waals surface area contributed by atoms with E-state index >= 15 is 0 Å². The summed E-state index contributed by atoms with van der Waals surface area (Å²) in [7, 11) is 0. The molecular weight excluding hydrogens is 195 g/mol. The predicted molar refractivity (Wildman–Crippen MR) is 55.8 cm³/mol. The van der Waals surface area contributed by atoms with Gasteiger partial charge in [0.2, 0.25) is 0 Å². The van der Waals surface area contributed by atoms with Gasteiger partial charge in [-0.1, -0.05) is 5.16 Å². The summed E-state index contributed by atoms with van der Waals surface area (Å²) in [5, 5.41) is 3.78. The van der Waals surface area contributed by atoms with Gasteiger partial charge in [0, 0.05) is 11.3 Å². The zero-order valence-corrected chi connectivity index (χ0v) is 8.54. The number of halogens is 1. The van der Waals surface area contributed by atoms with Gasteiger partial charge in [-0.15, -0.1) is 0 Å². The van der Waals surface area contributed by atoms with Crippen molar-refractivity contribution >= 4 is 5.69 Å². The Morgan fingerprint density at radius 1 is 1.33 bits per heavy atom. The molecule has 0 aliphatic heterocycles. The van der Waals surface area contributed by atoms with Crippen molar-refractivity contribution in [2.45, 2.75) is 13.8 Å². The second kappa shape index (κ2) is 3.38. The lowest BCUT2D eigenvalue weighted by atomic mass is 10.0. The van der Waals surface area contributed by atoms with Crippen molar-refractivity contribution in [1.29, 1.82) is 0 Å². The summed E-state index contributed by atoms with van der Waals surface area (Å²) in [6.45, 7) is 3.52. The molecule has 0 spiro atoms. The Morgan fingerprint density at radius 3 is 2.67 bits per heavy atom. The first-order chi connectivity index (χ1) is 7.09. The number of rotatable bonds is 1. The molecule has 4 heteroatoms. The highest BCUT2D eigenvalue weighted by Crippen LogP contribution is 2.30. The molecule has 15 heavy (non-hydrogen) atoms. The second-order valence-corrected chi connectivity index (χ2v) is 3.44. The van der Waals surface area contributed by atoms with Gasteiger partial charge in [0.1, 0.15) is 11.6 Å². The van der Waals surface area contributed by atoms with Crippen molar-refractivity contribution in [2.75, 3.05) is 5.73 Å². The molecule has 0 saturated carbocycles. The third-order valence-corrected chi connectivity index (χ3v) is 2.29. The van der Waals surface area contributed by atoms with E-state index in [0.717, 1.165) is 0 Å². The third-order valence-electron chi connectivity index (χ3n) is 2.29. The molecule has 2 N–H and O–H groups in total. The van der Waals surface area contributed by atoms with E-state index in [9.17, 15) is 4.39 Å². The van der Waals surface area contributed by atoms with Crippen LogP contribution in [0.1, 0.15) is 11.5 Å². The van der Waals surface area contributed by atoms with E-state index < -0.39 is 0 Å². The molecular formula is C11H11FN2O. The highest BCUT2D eigenvalue weighted by molar-refractivity contribution is 5.71. The van der Waals surface area contributed by atoms with E-state index in [0.29, 0.717) is 28.3 Å². The monoisotopic (exact) mass is 206 g/mol. The molecule has 0 aliphatic rings. The van der Waals surface area contributed by atoms with Gasteiger partial charge in [0.15, 0.2) is 0 Å². The second-order valence-electron chi connectivity index (χ2n) is 3.44. The first-order valence-corrected chi connectivity index (χ1v) is 4.58. The summed E-state index contributed by atoms with van der Waals surface area (Å²) in [5.41, 5.74) is 7.92. The van der Waals surface area contributed by atoms with Crippen molar-refractivity contribution < 1.29 is 8.91 Å². The van der Waals surface area contributed by atoms with E-state index in [1.807, 2.05) is 0 Å². The van der Waals surface area contributed by atoms with Crippen LogP contribution in [0.3, 0.4) is 0 Å². The maximum Gasteiger partial charge on any atom is 0.141 e. The quantitative estimate of drug-likeness (QED) is 0.730. The van der Waals surface area contributed by atoms with Crippen LogP contribution in [0.4, 0.5) is 10.1 Å². The summed E-state index contributed by atoms with van der Waals surface area (Å²) in [6.07, 6.45) is 0. The first kappa shape index (κ1) is 9.71. The molecule has 0 bridgehead atoms. The van der Waals surface area contributed by atoms with Crippen LogP contribution in [-0.2, 0) is 0 Å². The zero-order valence-electron chi connectivity index (χ0n) is 8.54. The fraction of sp³-hybridized carbons (Fsp3) is 0.182. The van der Waals surface area contributed by atoms with Crippen LogP contribution in [-0.4, -0.2) is 5.16 Å². The minimum absolute atomic E-state index is 0.321. The zero-order chi connectivity index (χ0) is 11.0. The number of hydrogen-bond acceptors (Lipinski definition) is 3. The molecule has 1 heterocycles. The Bertz CT molecular complexity index is 486. The minimum atomic E-state index is -0.321. The Balaban J connectivity index is 2.68. The van der Waals surface area contributed by atoms with Crippen molar-refractivity contribution in [2.24, 2.45) is 0 Å². The lowest BCUT2D eigenvalue weighted by Gasteiger charge is -2.03. The first-order valence-electron chi connectivity index (χ1n) is 4.58. The van der Waals surface area contributed by atoms with E-state index in [1.165, 1.54) is 12.1 Å². The predicted octanol–water partition coefficient (Wildman–Crippen LogP) is 2.68. The lowest BCUT2D eigenvalue weighted by Crippen LogP contribution is -1.91. The summed E-state index contributed by atoms with van der Waals surface area (Å²) in [5.74, 6) is 0.274. The molecule has 0 aliphatic carbocycles. The molecule has 0 atom stereocenters. The maximum atomic E-state index is 13.6. The van der Waals surface area contributed by atoms with E-state index in [-0.39, 0.29) is 5.82 Å². The van der Waals surface area contributed by atoms with Crippen molar-refractivity contribution in [3.8, 4) is 11.1 Å². The standard InChI is InChI=1S/C11H11FN2O/c1-6-11(7(2)15-14-6)9-5-8(13)3-4-10(9)12/h3-5H,13H2,1-2H3. The van der Waals surface area contributed by atoms with Gasteiger partial charge >= 0.3 is 0 Å². The summed E-state index contributed by atoms with van der Waals surface area (Å²) in [4.78, 5) is 0. The molecule has 78 valence electrons. The molecule has 0 unspecified atom stereocenters. The molecule has 1 aromatic heterocycles. The lowest BCUT2D eigenvalue weighted by molar-refractivity contribution is 0.393. The van der Waals surface area contributed by atoms with Crippen LogP contribution < -0.4 is 5.73 Å². The summed E-state index contributed by atoms with van der Waals surface area (Å²) in [6, 6.07) is 4.45. The molecule has 0 amide bonds. The van der Waals surface area contributed by atoms with Crippen LogP contribution in [0, 0.1) is 19.7 Å². The number of nitrogens with two attached hydrogens (primary N) is 1. The fourth-order valence-electron chi connectivity index (χ4n) is 1.60. The van der Waals surface area contributed by atoms with Crippen LogP contribution in [0.25, 0.3) is 11.1 Å². The topological polar surface area (TPSA) is 52.0 Å². The van der Waals surface area contributed by atoms with E-state index in [2.05, 4.69) is 5.16 Å². The normalized spacial score (nSPS) is 10.6. The van der Waals surface area contributed by atoms with Crippen LogP contribution in [0.2, 0.25) is 0 Å². The Hall–Kier alpha value is -1.84. The number of hydrogen-bond donors (Lipinski definition) is 1. The number of anilines is 1. The number of aryl methyl sites for hydroxylation is 2. The van der Waals surface area contributed by atoms with Gasteiger partial charge < -0.3 is 10.3 Å². The van der Waals surface area contributed by atoms with Crippen molar-refractivity contribution in [3.05, 3.63) is 35.5 Å². The van der Waals surface area contributed by atoms with Crippen molar-refractivity contribution in [1.82, 2.24) is 5.16 Å². The van der Waals surface area contributed by atoms with Gasteiger partial charge in [0.05, 0.1) is 11.3 Å². The smallest absolute Gasteiger partial charge is 0.141 e. The molecule has 0 fully saturated rings. The highest BCUT2D eigenvalue weighted by Gasteiger charge is 2.15. The molecule has 1 aromatic carbocycles. The number of aromatic nitrogens is 1. The average molecular weight is 206 g/mol. The van der Waals surface area contributed by atoms with Gasteiger partial charge in [0.25, 0.3) is 0 Å². The minimum Gasteiger partial charge on any atom is -0.399 e. The third kappa shape index (κ3) is 1.58. The molecule has 2 rings (SSSR count). The van der Waals surface area contributed by atoms with Crippen LogP contribution >= 0.6 is 0 Å². The van der Waals surface area contributed by atoms with Crippen molar-refractivity contribution in [3.63, 3.8) is 0 Å². The van der Waals surface area contributed by atoms with Gasteiger partial charge in [-0.2, -0.15) is 0 Å². The molecule has 2 aromatic rings. The Labute approximate surface area is 86.7 Å². The fourth-order valence-corrected chi connectivity index (χ4v) is 1.60. The van der Waals surface area contributed by atoms with Gasteiger partial charge in [-0.05, 0) is 32.0 Å². The highest BCUT2D eigenvalue weighted by atomic mass is 19.1. The SMILES string of the molecule is Cc1noc(C)c1-c1cc(N)ccc1F. The van der Waals surface area contributed by atoms with Crippen LogP contribution in [0.15, 0.2) is 22.7 Å². The van der Waals surface area contributed by atoms with E-state index in [4.69, 9.17) is 10.3 Å². The molecule has 0 saturated heterocycles. The molecule has 0 radical (unpaired) electrons.